The van der Waals surface area contributed by atoms with Crippen molar-refractivity contribution < 1.29 is 23.1 Å². The summed E-state index contributed by atoms with van der Waals surface area (Å²) in [5, 5.41) is 2.79. The Hall–Kier alpha value is -3.03. The monoisotopic (exact) mass is 417 g/mol. The van der Waals surface area contributed by atoms with E-state index >= 15 is 0 Å². The van der Waals surface area contributed by atoms with Crippen molar-refractivity contribution in [2.45, 2.75) is 53.7 Å². The van der Waals surface area contributed by atoms with Gasteiger partial charge >= 0.3 is 0 Å². The molecule has 8 heteroatoms. The summed E-state index contributed by atoms with van der Waals surface area (Å²) in [4.78, 5) is 30.8. The van der Waals surface area contributed by atoms with E-state index in [4.69, 9.17) is 4.74 Å². The van der Waals surface area contributed by atoms with E-state index in [1.54, 1.807) is 19.9 Å². The molecule has 0 radical (unpaired) electrons. The Morgan fingerprint density at radius 3 is 2.43 bits per heavy atom. The molecule has 1 aromatic carbocycles. The Kier molecular flexibility index (Phi) is 5.78. The zero-order chi connectivity index (χ0) is 22.2. The van der Waals surface area contributed by atoms with E-state index in [1.807, 2.05) is 20.8 Å². The number of hydrogen-bond acceptors (Lipinski definition) is 4. The minimum atomic E-state index is -0.829. The lowest BCUT2D eigenvalue weighted by Crippen LogP contribution is -2.44. The zero-order valence-electron chi connectivity index (χ0n) is 17.7. The maximum atomic E-state index is 13.6. The average Bonchev–Trinajstić information content (AvgIpc) is 2.58. The molecule has 0 saturated heterocycles. The average molecular weight is 417 g/mol. The van der Waals surface area contributed by atoms with Crippen LogP contribution < -0.4 is 15.0 Å². The van der Waals surface area contributed by atoms with Gasteiger partial charge in [-0.3, -0.25) is 14.5 Å². The van der Waals surface area contributed by atoms with E-state index in [9.17, 15) is 18.4 Å². The van der Waals surface area contributed by atoms with E-state index in [-0.39, 0.29) is 29.7 Å². The van der Waals surface area contributed by atoms with E-state index in [2.05, 4.69) is 10.3 Å². The third-order valence-corrected chi connectivity index (χ3v) is 4.56. The number of carbonyl (C=O) groups is 2. The predicted molar refractivity (Wildman–Crippen MR) is 109 cm³/mol. The van der Waals surface area contributed by atoms with E-state index in [0.717, 1.165) is 6.07 Å². The van der Waals surface area contributed by atoms with Gasteiger partial charge in [-0.05, 0) is 48.6 Å². The van der Waals surface area contributed by atoms with Gasteiger partial charge in [0.15, 0.2) is 6.10 Å². The lowest BCUT2D eigenvalue weighted by Gasteiger charge is -2.33. The third kappa shape index (κ3) is 4.93. The topological polar surface area (TPSA) is 71.5 Å². The van der Waals surface area contributed by atoms with Crippen molar-refractivity contribution in [3.8, 4) is 5.88 Å². The summed E-state index contributed by atoms with van der Waals surface area (Å²) < 4.78 is 32.8. The van der Waals surface area contributed by atoms with E-state index in [0.29, 0.717) is 29.1 Å². The number of carbonyl (C=O) groups excluding carboxylic acids is 2. The number of benzene rings is 1. The third-order valence-electron chi connectivity index (χ3n) is 4.56. The molecule has 3 rings (SSSR count). The van der Waals surface area contributed by atoms with Crippen LogP contribution in [0.25, 0.3) is 0 Å². The Morgan fingerprint density at radius 2 is 1.83 bits per heavy atom. The molecule has 1 aliphatic rings. The zero-order valence-corrected chi connectivity index (χ0v) is 17.7. The van der Waals surface area contributed by atoms with Crippen molar-refractivity contribution in [2.24, 2.45) is 5.41 Å². The number of rotatable bonds is 4. The van der Waals surface area contributed by atoms with Crippen molar-refractivity contribution >= 4 is 23.3 Å². The fourth-order valence-corrected chi connectivity index (χ4v) is 3.25. The van der Waals surface area contributed by atoms with Gasteiger partial charge in [0.05, 0.1) is 6.54 Å². The maximum absolute atomic E-state index is 13.6. The van der Waals surface area contributed by atoms with Crippen LogP contribution in [-0.2, 0) is 16.1 Å². The van der Waals surface area contributed by atoms with Crippen LogP contribution >= 0.6 is 0 Å². The first-order valence-electron chi connectivity index (χ1n) is 9.67. The number of nitrogens with zero attached hydrogens (tertiary/aromatic N) is 2. The Balaban J connectivity index is 1.93. The summed E-state index contributed by atoms with van der Waals surface area (Å²) in [5.74, 6) is -1.43. The molecular formula is C22H25F2N3O3. The molecule has 0 unspecified atom stereocenters. The molecule has 0 fully saturated rings. The lowest BCUT2D eigenvalue weighted by atomic mass is 9.92. The van der Waals surface area contributed by atoms with Gasteiger partial charge in [0.2, 0.25) is 11.8 Å². The van der Waals surface area contributed by atoms with Gasteiger partial charge in [-0.15, -0.1) is 0 Å². The molecule has 0 spiro atoms. The molecule has 1 aromatic heterocycles. The molecular weight excluding hydrogens is 392 g/mol. The summed E-state index contributed by atoms with van der Waals surface area (Å²) in [7, 11) is 0. The molecule has 160 valence electrons. The number of nitrogens with one attached hydrogen (secondary N) is 1. The largest absolute Gasteiger partial charge is 0.463 e. The molecule has 0 aliphatic carbocycles. The van der Waals surface area contributed by atoms with Crippen LogP contribution in [0.3, 0.4) is 0 Å². The molecule has 2 heterocycles. The van der Waals surface area contributed by atoms with Crippen molar-refractivity contribution in [2.75, 3.05) is 10.2 Å². The quantitative estimate of drug-likeness (QED) is 0.803. The van der Waals surface area contributed by atoms with Crippen LogP contribution in [0.5, 0.6) is 5.88 Å². The van der Waals surface area contributed by atoms with Crippen LogP contribution in [-0.4, -0.2) is 22.9 Å². The van der Waals surface area contributed by atoms with Crippen LogP contribution in [0.15, 0.2) is 24.3 Å². The maximum Gasteiger partial charge on any atom is 0.268 e. The number of anilines is 2. The van der Waals surface area contributed by atoms with Gasteiger partial charge in [0.1, 0.15) is 23.1 Å². The SMILES string of the molecule is Cc1cc2c(nc1NC(=O)CC(C)(C)C)O[C@H](C)C(=O)N2Cc1cc(F)cc(F)c1. The summed E-state index contributed by atoms with van der Waals surface area (Å²) >= 11 is 0. The molecule has 6 nitrogen and oxygen atoms in total. The second-order valence-corrected chi connectivity index (χ2v) is 8.73. The second-order valence-electron chi connectivity index (χ2n) is 8.73. The van der Waals surface area contributed by atoms with Crippen molar-refractivity contribution in [3.05, 3.63) is 47.0 Å². The number of pyridine rings is 1. The molecule has 1 atom stereocenters. The number of amides is 2. The molecule has 0 bridgehead atoms. The molecule has 1 aliphatic heterocycles. The van der Waals surface area contributed by atoms with Crippen molar-refractivity contribution in [1.82, 2.24) is 4.98 Å². The number of ether oxygens (including phenoxy) is 1. The summed E-state index contributed by atoms with van der Waals surface area (Å²) in [6.07, 6.45) is -0.512. The van der Waals surface area contributed by atoms with Gasteiger partial charge in [0.25, 0.3) is 5.91 Å². The predicted octanol–water partition coefficient (Wildman–Crippen LogP) is 4.36. The summed E-state index contributed by atoms with van der Waals surface area (Å²) in [5.41, 5.74) is 1.15. The normalized spacial score (nSPS) is 16.2. The van der Waals surface area contributed by atoms with Gasteiger partial charge in [-0.1, -0.05) is 20.8 Å². The number of aromatic nitrogens is 1. The molecule has 2 amide bonds. The first kappa shape index (κ1) is 21.7. The Bertz CT molecular complexity index is 982. The van der Waals surface area contributed by atoms with Gasteiger partial charge in [-0.2, -0.15) is 4.98 Å². The molecule has 0 saturated carbocycles. The first-order valence-corrected chi connectivity index (χ1v) is 9.67. The highest BCUT2D eigenvalue weighted by Crippen LogP contribution is 2.36. The van der Waals surface area contributed by atoms with Crippen molar-refractivity contribution in [3.63, 3.8) is 0 Å². The Labute approximate surface area is 174 Å². The van der Waals surface area contributed by atoms with Gasteiger partial charge < -0.3 is 10.1 Å². The van der Waals surface area contributed by atoms with Crippen LogP contribution in [0.2, 0.25) is 0 Å². The molecule has 30 heavy (non-hydrogen) atoms. The Morgan fingerprint density at radius 1 is 1.20 bits per heavy atom. The van der Waals surface area contributed by atoms with Gasteiger partial charge in [-0.25, -0.2) is 8.78 Å². The van der Waals surface area contributed by atoms with E-state index in [1.165, 1.54) is 17.0 Å². The van der Waals surface area contributed by atoms with E-state index < -0.39 is 17.7 Å². The van der Waals surface area contributed by atoms with Crippen molar-refractivity contribution in [1.29, 1.82) is 0 Å². The lowest BCUT2D eigenvalue weighted by molar-refractivity contribution is -0.126. The number of hydrogen-bond donors (Lipinski definition) is 1. The summed E-state index contributed by atoms with van der Waals surface area (Å²) in [6, 6.07) is 4.81. The van der Waals surface area contributed by atoms with Crippen LogP contribution in [0, 0.1) is 24.0 Å². The fraction of sp³-hybridized carbons (Fsp3) is 0.409. The minimum absolute atomic E-state index is 0.0366. The number of fused-ring (bicyclic) bond motifs is 1. The molecule has 1 N–H and O–H groups in total. The highest BCUT2D eigenvalue weighted by atomic mass is 19.1. The van der Waals surface area contributed by atoms with Crippen LogP contribution in [0.4, 0.5) is 20.3 Å². The molecule has 2 aromatic rings. The smallest absolute Gasteiger partial charge is 0.268 e. The fourth-order valence-electron chi connectivity index (χ4n) is 3.25. The minimum Gasteiger partial charge on any atom is -0.463 e. The van der Waals surface area contributed by atoms with Gasteiger partial charge in [0, 0.05) is 12.5 Å². The second kappa shape index (κ2) is 8.01. The number of halogens is 2. The van der Waals surface area contributed by atoms with Crippen LogP contribution in [0.1, 0.15) is 45.2 Å². The highest BCUT2D eigenvalue weighted by molar-refractivity contribution is 6.00. The standard InChI is InChI=1S/C22H25F2N3O3/c1-12-6-17-20(26-19(12)25-18(28)10-22(3,4)5)30-13(2)21(29)27(17)11-14-7-15(23)9-16(24)8-14/h6-9,13H,10-11H2,1-5H3,(H,25,26,28)/t13-/m1/s1. The number of aryl methyl sites for hydroxylation is 1. The first-order chi connectivity index (χ1) is 13.9. The summed E-state index contributed by atoms with van der Waals surface area (Å²) in [6.45, 7) is 9.17. The highest BCUT2D eigenvalue weighted by Gasteiger charge is 2.33.